The molecular weight excluding hydrogens is 389 g/mol. The molecule has 0 unspecified atom stereocenters. The number of rotatable bonds is 5. The van der Waals surface area contributed by atoms with Gasteiger partial charge >= 0.3 is 5.97 Å². The van der Waals surface area contributed by atoms with Crippen molar-refractivity contribution in [1.29, 1.82) is 0 Å². The number of anilines is 1. The van der Waals surface area contributed by atoms with Gasteiger partial charge < -0.3 is 10.1 Å². The Morgan fingerprint density at radius 2 is 1.86 bits per heavy atom. The molecule has 1 heterocycles. The van der Waals surface area contributed by atoms with E-state index in [4.69, 9.17) is 4.74 Å². The van der Waals surface area contributed by atoms with E-state index < -0.39 is 40.4 Å². The minimum atomic E-state index is -3.71. The van der Waals surface area contributed by atoms with Crippen LogP contribution in [0, 0.1) is 5.82 Å². The zero-order chi connectivity index (χ0) is 20.3. The van der Waals surface area contributed by atoms with Crippen LogP contribution in [0.15, 0.2) is 58.4 Å². The van der Waals surface area contributed by atoms with E-state index in [-0.39, 0.29) is 16.4 Å². The first kappa shape index (κ1) is 19.5. The van der Waals surface area contributed by atoms with Crippen molar-refractivity contribution in [2.24, 2.45) is 4.99 Å². The molecule has 0 aromatic heterocycles. The Labute approximate surface area is 160 Å². The predicted octanol–water partition coefficient (Wildman–Crippen LogP) is 1.43. The number of aliphatic imine (C=N–C) groups is 1. The average molecular weight is 405 g/mol. The van der Waals surface area contributed by atoms with Gasteiger partial charge in [0, 0.05) is 5.56 Å². The lowest BCUT2D eigenvalue weighted by Gasteiger charge is -2.13. The summed E-state index contributed by atoms with van der Waals surface area (Å²) in [6.45, 7) is 0.832. The number of nitrogens with zero attached hydrogens (tertiary/aromatic N) is 1. The number of nitrogens with one attached hydrogen (secondary N) is 2. The van der Waals surface area contributed by atoms with Crippen LogP contribution in [0.25, 0.3) is 0 Å². The van der Waals surface area contributed by atoms with Gasteiger partial charge in [-0.05, 0) is 31.2 Å². The summed E-state index contributed by atoms with van der Waals surface area (Å²) >= 11 is 0. The fourth-order valence-electron chi connectivity index (χ4n) is 2.48. The first-order valence-corrected chi connectivity index (χ1v) is 9.68. The van der Waals surface area contributed by atoms with Crippen LogP contribution in [0.1, 0.15) is 12.5 Å². The highest BCUT2D eigenvalue weighted by Gasteiger charge is 2.30. The van der Waals surface area contributed by atoms with Gasteiger partial charge in [0.05, 0.1) is 10.6 Å². The number of fused-ring (bicyclic) bond motifs is 1. The molecule has 3 rings (SSSR count). The van der Waals surface area contributed by atoms with Gasteiger partial charge in [-0.3, -0.25) is 19.3 Å². The third kappa shape index (κ3) is 4.17. The van der Waals surface area contributed by atoms with E-state index in [1.54, 1.807) is 24.3 Å². The fourth-order valence-corrected chi connectivity index (χ4v) is 3.73. The summed E-state index contributed by atoms with van der Waals surface area (Å²) in [6.07, 6.45) is -1.19. The first-order chi connectivity index (χ1) is 13.3. The number of hydrogen-bond donors (Lipinski definition) is 2. The van der Waals surface area contributed by atoms with Gasteiger partial charge in [0.2, 0.25) is 0 Å². The second-order valence-electron chi connectivity index (χ2n) is 5.87. The minimum Gasteiger partial charge on any atom is -0.451 e. The molecule has 1 atom stereocenters. The molecule has 146 valence electrons. The second kappa shape index (κ2) is 7.77. The van der Waals surface area contributed by atoms with E-state index in [1.807, 2.05) is 0 Å². The van der Waals surface area contributed by atoms with Crippen molar-refractivity contribution in [3.05, 3.63) is 59.9 Å². The van der Waals surface area contributed by atoms with E-state index in [2.05, 4.69) is 15.0 Å². The fraction of sp³-hybridized carbons (Fsp3) is 0.167. The Bertz CT molecular complexity index is 1070. The van der Waals surface area contributed by atoms with Crippen molar-refractivity contribution in [2.75, 3.05) is 11.9 Å². The summed E-state index contributed by atoms with van der Waals surface area (Å²) in [5, 5.41) is 2.32. The summed E-state index contributed by atoms with van der Waals surface area (Å²) in [5.41, 5.74) is 0.313. The molecule has 2 aromatic carbocycles. The largest absolute Gasteiger partial charge is 0.451 e. The van der Waals surface area contributed by atoms with Crippen LogP contribution in [0.4, 0.5) is 10.1 Å². The van der Waals surface area contributed by atoms with Crippen LogP contribution >= 0.6 is 0 Å². The van der Waals surface area contributed by atoms with Crippen molar-refractivity contribution in [3.8, 4) is 0 Å². The van der Waals surface area contributed by atoms with Crippen LogP contribution in [0.5, 0.6) is 0 Å². The molecule has 2 N–H and O–H groups in total. The lowest BCUT2D eigenvalue weighted by Crippen LogP contribution is -2.31. The smallest absolute Gasteiger partial charge is 0.328 e. The van der Waals surface area contributed by atoms with Gasteiger partial charge in [0.25, 0.3) is 15.9 Å². The van der Waals surface area contributed by atoms with Gasteiger partial charge in [-0.2, -0.15) is 0 Å². The summed E-state index contributed by atoms with van der Waals surface area (Å²) in [7, 11) is -3.71. The molecule has 10 heteroatoms. The number of amidine groups is 1. The Kier molecular flexibility index (Phi) is 5.41. The number of hydrogen-bond acceptors (Lipinski definition) is 6. The number of benzene rings is 2. The second-order valence-corrected chi connectivity index (χ2v) is 7.52. The van der Waals surface area contributed by atoms with Gasteiger partial charge in [0.15, 0.2) is 6.10 Å². The molecular formula is C18H16FN3O5S. The Balaban J connectivity index is 1.61. The van der Waals surface area contributed by atoms with Crippen molar-refractivity contribution in [1.82, 2.24) is 4.72 Å². The number of ether oxygens (including phenoxy) is 1. The van der Waals surface area contributed by atoms with E-state index in [0.717, 1.165) is 0 Å². The van der Waals surface area contributed by atoms with Crippen LogP contribution < -0.4 is 10.0 Å². The Morgan fingerprint density at radius 3 is 2.61 bits per heavy atom. The van der Waals surface area contributed by atoms with Gasteiger partial charge in [-0.25, -0.2) is 12.8 Å². The van der Waals surface area contributed by atoms with Gasteiger partial charge in [-0.1, -0.05) is 24.3 Å². The highest BCUT2D eigenvalue weighted by molar-refractivity contribution is 7.90. The van der Waals surface area contributed by atoms with Crippen LogP contribution in [0.2, 0.25) is 0 Å². The van der Waals surface area contributed by atoms with Gasteiger partial charge in [0.1, 0.15) is 18.2 Å². The SMILES string of the molecule is C[C@H](OC(=O)CN=C1NS(=O)(=O)c2ccccc21)C(=O)Nc1ccccc1F. The standard InChI is InChI=1S/C18H16FN3O5S/c1-11(18(24)21-14-8-4-3-7-13(14)19)27-16(23)10-20-17-12-6-2-5-9-15(12)28(25,26)22-17/h2-9,11H,10H2,1H3,(H,20,22)(H,21,24)/t11-/m0/s1. The first-order valence-electron chi connectivity index (χ1n) is 8.19. The molecule has 1 amide bonds. The number of para-hydroxylation sites is 1. The maximum absolute atomic E-state index is 13.6. The quantitative estimate of drug-likeness (QED) is 0.731. The number of carbonyl (C=O) groups is 2. The average Bonchev–Trinajstić information content (AvgIpc) is 2.92. The van der Waals surface area contributed by atoms with E-state index >= 15 is 0 Å². The van der Waals surface area contributed by atoms with Crippen LogP contribution in [-0.2, 0) is 24.3 Å². The topological polar surface area (TPSA) is 114 Å². The monoisotopic (exact) mass is 405 g/mol. The van der Waals surface area contributed by atoms with Gasteiger partial charge in [-0.15, -0.1) is 0 Å². The zero-order valence-electron chi connectivity index (χ0n) is 14.7. The maximum Gasteiger partial charge on any atom is 0.328 e. The summed E-state index contributed by atoms with van der Waals surface area (Å²) in [6, 6.07) is 11.8. The molecule has 1 aliphatic heterocycles. The van der Waals surface area contributed by atoms with Crippen molar-refractivity contribution in [3.63, 3.8) is 0 Å². The molecule has 0 radical (unpaired) electrons. The Hall–Kier alpha value is -3.27. The normalized spacial score (nSPS) is 16.7. The van der Waals surface area contributed by atoms with E-state index in [1.165, 1.54) is 31.2 Å². The third-order valence-electron chi connectivity index (χ3n) is 3.84. The predicted molar refractivity (Wildman–Crippen MR) is 98.8 cm³/mol. The third-order valence-corrected chi connectivity index (χ3v) is 5.24. The molecule has 0 fully saturated rings. The lowest BCUT2D eigenvalue weighted by atomic mass is 10.2. The zero-order valence-corrected chi connectivity index (χ0v) is 15.5. The van der Waals surface area contributed by atoms with Crippen LogP contribution in [0.3, 0.4) is 0 Å². The molecule has 0 spiro atoms. The minimum absolute atomic E-state index is 0.0241. The Morgan fingerprint density at radius 1 is 1.18 bits per heavy atom. The summed E-state index contributed by atoms with van der Waals surface area (Å²) in [5.74, 6) is -2.14. The molecule has 1 aliphatic rings. The number of halogens is 1. The number of carbonyl (C=O) groups excluding carboxylic acids is 2. The summed E-state index contributed by atoms with van der Waals surface area (Å²) < 4.78 is 44.8. The highest BCUT2D eigenvalue weighted by Crippen LogP contribution is 2.22. The van der Waals surface area contributed by atoms with Crippen molar-refractivity contribution in [2.45, 2.75) is 17.9 Å². The lowest BCUT2D eigenvalue weighted by molar-refractivity contribution is -0.151. The molecule has 0 saturated carbocycles. The number of sulfonamides is 1. The summed E-state index contributed by atoms with van der Waals surface area (Å²) in [4.78, 5) is 28.0. The number of esters is 1. The van der Waals surface area contributed by atoms with E-state index in [0.29, 0.717) is 5.56 Å². The highest BCUT2D eigenvalue weighted by atomic mass is 32.2. The van der Waals surface area contributed by atoms with Crippen molar-refractivity contribution < 1.29 is 27.1 Å². The molecule has 0 aliphatic carbocycles. The van der Waals surface area contributed by atoms with Crippen LogP contribution in [-0.4, -0.2) is 38.8 Å². The molecule has 28 heavy (non-hydrogen) atoms. The molecule has 0 saturated heterocycles. The maximum atomic E-state index is 13.6. The van der Waals surface area contributed by atoms with Crippen molar-refractivity contribution >= 4 is 33.4 Å². The van der Waals surface area contributed by atoms with E-state index in [9.17, 15) is 22.4 Å². The molecule has 8 nitrogen and oxygen atoms in total. The molecule has 2 aromatic rings. The number of amides is 1. The molecule has 0 bridgehead atoms.